The average Bonchev–Trinajstić information content (AvgIpc) is 2.51. The summed E-state index contributed by atoms with van der Waals surface area (Å²) in [6.45, 7) is 3.96. The highest BCUT2D eigenvalue weighted by molar-refractivity contribution is 5.96. The molecule has 0 spiro atoms. The first-order valence-corrected chi connectivity index (χ1v) is 7.23. The summed E-state index contributed by atoms with van der Waals surface area (Å²) in [6.07, 6.45) is 3.95. The number of nitrogens with two attached hydrogens (primary N) is 1. The topological polar surface area (TPSA) is 60.2 Å². The van der Waals surface area contributed by atoms with Crippen LogP contribution >= 0.6 is 0 Å². The van der Waals surface area contributed by atoms with Gasteiger partial charge in [-0.3, -0.25) is 4.98 Å². The molecule has 1 aromatic carbocycles. The SMILES string of the molecule is CC(Nc1c(N)cnc2ccccc12)C1CCOCC1. The lowest BCUT2D eigenvalue weighted by Gasteiger charge is -2.29. The molecule has 0 amide bonds. The Morgan fingerprint density at radius 2 is 2.05 bits per heavy atom. The Morgan fingerprint density at radius 1 is 1.30 bits per heavy atom. The largest absolute Gasteiger partial charge is 0.396 e. The molecule has 1 fully saturated rings. The van der Waals surface area contributed by atoms with Gasteiger partial charge in [-0.1, -0.05) is 18.2 Å². The van der Waals surface area contributed by atoms with Crippen molar-refractivity contribution >= 4 is 22.3 Å². The molecular formula is C16H21N3O. The quantitative estimate of drug-likeness (QED) is 0.900. The third kappa shape index (κ3) is 2.56. The first-order chi connectivity index (χ1) is 9.75. The highest BCUT2D eigenvalue weighted by atomic mass is 16.5. The van der Waals surface area contributed by atoms with Crippen LogP contribution in [0.25, 0.3) is 10.9 Å². The minimum atomic E-state index is 0.381. The fraction of sp³-hybridized carbons (Fsp3) is 0.438. The Balaban J connectivity index is 1.87. The third-order valence-corrected chi connectivity index (χ3v) is 4.15. The number of para-hydroxylation sites is 1. The van der Waals surface area contributed by atoms with Gasteiger partial charge in [0.1, 0.15) is 0 Å². The predicted octanol–water partition coefficient (Wildman–Crippen LogP) is 3.04. The van der Waals surface area contributed by atoms with E-state index < -0.39 is 0 Å². The number of benzene rings is 1. The van der Waals surface area contributed by atoms with Crippen molar-refractivity contribution in [3.63, 3.8) is 0 Å². The maximum absolute atomic E-state index is 6.11. The van der Waals surface area contributed by atoms with Crippen molar-refractivity contribution < 1.29 is 4.74 Å². The summed E-state index contributed by atoms with van der Waals surface area (Å²) >= 11 is 0. The number of hydrogen-bond donors (Lipinski definition) is 2. The molecule has 1 aliphatic heterocycles. The fourth-order valence-corrected chi connectivity index (χ4v) is 2.88. The monoisotopic (exact) mass is 271 g/mol. The molecule has 0 aliphatic carbocycles. The van der Waals surface area contributed by atoms with Crippen LogP contribution in [0.1, 0.15) is 19.8 Å². The Bertz CT molecular complexity index is 593. The van der Waals surface area contributed by atoms with Crippen molar-refractivity contribution in [1.82, 2.24) is 4.98 Å². The van der Waals surface area contributed by atoms with Crippen molar-refractivity contribution in [3.8, 4) is 0 Å². The normalized spacial score (nSPS) is 18.1. The Labute approximate surface area is 119 Å². The summed E-state index contributed by atoms with van der Waals surface area (Å²) in [7, 11) is 0. The van der Waals surface area contributed by atoms with Gasteiger partial charge in [0.05, 0.1) is 23.1 Å². The lowest BCUT2D eigenvalue weighted by molar-refractivity contribution is 0.0622. The van der Waals surface area contributed by atoms with E-state index in [1.807, 2.05) is 18.2 Å². The number of fused-ring (bicyclic) bond motifs is 1. The Morgan fingerprint density at radius 3 is 2.85 bits per heavy atom. The van der Waals surface area contributed by atoms with Crippen molar-refractivity contribution in [2.45, 2.75) is 25.8 Å². The fourth-order valence-electron chi connectivity index (χ4n) is 2.88. The van der Waals surface area contributed by atoms with Crippen LogP contribution in [-0.2, 0) is 4.74 Å². The summed E-state index contributed by atoms with van der Waals surface area (Å²) in [4.78, 5) is 4.38. The highest BCUT2D eigenvalue weighted by Gasteiger charge is 2.21. The summed E-state index contributed by atoms with van der Waals surface area (Å²) in [5, 5.41) is 4.69. The standard InChI is InChI=1S/C16H21N3O/c1-11(12-6-8-20-9-7-12)19-16-13-4-2-3-5-15(13)18-10-14(16)17/h2-5,10-12H,6-9,17H2,1H3,(H,18,19). The van der Waals surface area contributed by atoms with E-state index in [2.05, 4.69) is 23.3 Å². The second kappa shape index (κ2) is 5.67. The number of nitrogen functional groups attached to an aromatic ring is 1. The van der Waals surface area contributed by atoms with Crippen LogP contribution in [0.2, 0.25) is 0 Å². The molecule has 4 nitrogen and oxygen atoms in total. The van der Waals surface area contributed by atoms with Crippen LogP contribution in [0.5, 0.6) is 0 Å². The van der Waals surface area contributed by atoms with E-state index in [-0.39, 0.29) is 0 Å². The molecule has 1 atom stereocenters. The zero-order valence-corrected chi connectivity index (χ0v) is 11.8. The van der Waals surface area contributed by atoms with Crippen LogP contribution in [0, 0.1) is 5.92 Å². The predicted molar refractivity (Wildman–Crippen MR) is 82.8 cm³/mol. The minimum absolute atomic E-state index is 0.381. The third-order valence-electron chi connectivity index (χ3n) is 4.15. The molecule has 1 aromatic heterocycles. The number of hydrogen-bond acceptors (Lipinski definition) is 4. The maximum atomic E-state index is 6.11. The van der Waals surface area contributed by atoms with E-state index in [1.54, 1.807) is 6.20 Å². The number of anilines is 2. The molecule has 3 N–H and O–H groups in total. The number of pyridine rings is 1. The highest BCUT2D eigenvalue weighted by Crippen LogP contribution is 2.30. The number of aromatic nitrogens is 1. The molecule has 2 aromatic rings. The van der Waals surface area contributed by atoms with E-state index in [0.717, 1.165) is 42.6 Å². The summed E-state index contributed by atoms with van der Waals surface area (Å²) in [5.41, 5.74) is 8.81. The van der Waals surface area contributed by atoms with Crippen molar-refractivity contribution in [3.05, 3.63) is 30.5 Å². The second-order valence-corrected chi connectivity index (χ2v) is 5.49. The number of nitrogens with one attached hydrogen (secondary N) is 1. The van der Waals surface area contributed by atoms with Gasteiger partial charge in [0, 0.05) is 24.6 Å². The summed E-state index contributed by atoms with van der Waals surface area (Å²) in [5.74, 6) is 0.634. The van der Waals surface area contributed by atoms with Gasteiger partial charge in [-0.05, 0) is 31.7 Å². The van der Waals surface area contributed by atoms with Gasteiger partial charge in [0.2, 0.25) is 0 Å². The van der Waals surface area contributed by atoms with Gasteiger partial charge in [0.15, 0.2) is 0 Å². The molecule has 2 heterocycles. The van der Waals surface area contributed by atoms with Crippen LogP contribution in [-0.4, -0.2) is 24.2 Å². The molecule has 0 bridgehead atoms. The molecule has 106 valence electrons. The van der Waals surface area contributed by atoms with Crippen LogP contribution in [0.4, 0.5) is 11.4 Å². The van der Waals surface area contributed by atoms with Gasteiger partial charge >= 0.3 is 0 Å². The van der Waals surface area contributed by atoms with Crippen molar-refractivity contribution in [1.29, 1.82) is 0 Å². The van der Waals surface area contributed by atoms with E-state index in [1.165, 1.54) is 0 Å². The first-order valence-electron chi connectivity index (χ1n) is 7.23. The van der Waals surface area contributed by atoms with Gasteiger partial charge in [-0.15, -0.1) is 0 Å². The molecule has 1 saturated heterocycles. The van der Waals surface area contributed by atoms with Crippen LogP contribution in [0.15, 0.2) is 30.5 Å². The zero-order chi connectivity index (χ0) is 13.9. The Hall–Kier alpha value is -1.81. The lowest BCUT2D eigenvalue weighted by Crippen LogP contribution is -2.31. The number of ether oxygens (including phenoxy) is 1. The van der Waals surface area contributed by atoms with E-state index in [4.69, 9.17) is 10.5 Å². The Kier molecular flexibility index (Phi) is 3.74. The van der Waals surface area contributed by atoms with E-state index >= 15 is 0 Å². The minimum Gasteiger partial charge on any atom is -0.396 e. The lowest BCUT2D eigenvalue weighted by atomic mass is 9.92. The van der Waals surface area contributed by atoms with Crippen LogP contribution in [0.3, 0.4) is 0 Å². The average molecular weight is 271 g/mol. The zero-order valence-electron chi connectivity index (χ0n) is 11.8. The van der Waals surface area contributed by atoms with Crippen molar-refractivity contribution in [2.75, 3.05) is 24.3 Å². The first kappa shape index (κ1) is 13.2. The molecule has 0 radical (unpaired) electrons. The van der Waals surface area contributed by atoms with Gasteiger partial charge in [0.25, 0.3) is 0 Å². The molecule has 0 saturated carbocycles. The molecule has 4 heteroatoms. The smallest absolute Gasteiger partial charge is 0.0743 e. The molecule has 3 rings (SSSR count). The second-order valence-electron chi connectivity index (χ2n) is 5.49. The molecule has 1 aliphatic rings. The van der Waals surface area contributed by atoms with Crippen molar-refractivity contribution in [2.24, 2.45) is 5.92 Å². The molecule has 20 heavy (non-hydrogen) atoms. The summed E-state index contributed by atoms with van der Waals surface area (Å²) < 4.78 is 5.43. The van der Waals surface area contributed by atoms with Gasteiger partial charge in [-0.2, -0.15) is 0 Å². The van der Waals surface area contributed by atoms with Crippen LogP contribution < -0.4 is 11.1 Å². The van der Waals surface area contributed by atoms with Gasteiger partial charge < -0.3 is 15.8 Å². The maximum Gasteiger partial charge on any atom is 0.0743 e. The molecular weight excluding hydrogens is 250 g/mol. The summed E-state index contributed by atoms with van der Waals surface area (Å²) in [6, 6.07) is 8.48. The van der Waals surface area contributed by atoms with E-state index in [0.29, 0.717) is 17.6 Å². The number of rotatable bonds is 3. The van der Waals surface area contributed by atoms with E-state index in [9.17, 15) is 0 Å². The number of nitrogens with zero attached hydrogens (tertiary/aromatic N) is 1. The molecule has 1 unspecified atom stereocenters. The van der Waals surface area contributed by atoms with Gasteiger partial charge in [-0.25, -0.2) is 0 Å².